The molecule has 1 aromatic rings. The van der Waals surface area contributed by atoms with E-state index in [2.05, 4.69) is 5.32 Å². The van der Waals surface area contributed by atoms with E-state index in [4.69, 9.17) is 24.7 Å². The van der Waals surface area contributed by atoms with Crippen molar-refractivity contribution in [1.29, 1.82) is 0 Å². The molecule has 1 amide bonds. The highest BCUT2D eigenvalue weighted by molar-refractivity contribution is 5.73. The summed E-state index contributed by atoms with van der Waals surface area (Å²) in [6.07, 6.45) is -11.1. The Morgan fingerprint density at radius 3 is 2.20 bits per heavy atom. The molecule has 10 atom stereocenters. The van der Waals surface area contributed by atoms with Crippen molar-refractivity contribution in [2.24, 2.45) is 5.73 Å². The lowest BCUT2D eigenvalue weighted by molar-refractivity contribution is -0.384. The van der Waals surface area contributed by atoms with Crippen LogP contribution in [-0.4, -0.2) is 111 Å². The van der Waals surface area contributed by atoms with Crippen LogP contribution >= 0.6 is 0 Å². The highest BCUT2D eigenvalue weighted by atomic mass is 16.7. The van der Waals surface area contributed by atoms with Crippen LogP contribution in [0.2, 0.25) is 0 Å². The van der Waals surface area contributed by atoms with Gasteiger partial charge in [-0.1, -0.05) is 0 Å². The molecular formula is C20H29N3O12. The quantitative estimate of drug-likeness (QED) is 0.136. The highest BCUT2D eigenvalue weighted by Gasteiger charge is 2.51. The minimum atomic E-state index is -1.56. The Bertz CT molecular complexity index is 871. The number of rotatable bonds is 8. The first-order valence-corrected chi connectivity index (χ1v) is 10.7. The maximum Gasteiger partial charge on any atom is 0.269 e. The van der Waals surface area contributed by atoms with Crippen molar-refractivity contribution in [2.75, 3.05) is 13.2 Å². The Hall–Kier alpha value is -2.47. The molecule has 2 fully saturated rings. The zero-order valence-electron chi connectivity index (χ0n) is 18.6. The molecule has 0 aliphatic carbocycles. The number of nitro benzene ring substituents is 1. The van der Waals surface area contributed by atoms with E-state index in [0.29, 0.717) is 0 Å². The van der Waals surface area contributed by atoms with Gasteiger partial charge in [0.15, 0.2) is 6.29 Å². The fourth-order valence-electron chi connectivity index (χ4n) is 3.89. The van der Waals surface area contributed by atoms with Gasteiger partial charge in [-0.05, 0) is 12.1 Å². The van der Waals surface area contributed by atoms with Crippen molar-refractivity contribution in [2.45, 2.75) is 68.2 Å². The molecule has 2 aliphatic heterocycles. The number of aliphatic hydroxyl groups excluding tert-OH is 5. The number of hydrogen-bond donors (Lipinski definition) is 7. The Kier molecular flexibility index (Phi) is 8.92. The zero-order chi connectivity index (χ0) is 25.9. The predicted molar refractivity (Wildman–Crippen MR) is 114 cm³/mol. The van der Waals surface area contributed by atoms with Crippen LogP contribution in [0.15, 0.2) is 24.3 Å². The molecule has 0 radical (unpaired) electrons. The summed E-state index contributed by atoms with van der Waals surface area (Å²) in [5.41, 5.74) is 5.71. The number of nitrogens with one attached hydrogen (secondary N) is 1. The molecule has 35 heavy (non-hydrogen) atoms. The molecule has 8 N–H and O–H groups in total. The number of aliphatic hydroxyl groups is 5. The standard InChI is InChI=1S/C20H29N3O12/c1-8(26)22-14-17(29)18(35-19-13(21)16(28)15(27)11(6-24)33-19)12(7-25)34-20(14)32-10-4-2-9(3-5-10)23(30)31/h2-5,11-20,24-25,27-29H,6-7,21H2,1H3,(H,22,26)/t11-,12-,13-,14-,15-,16-,17-,18-,19+,20-/m1/s1. The number of hydrogen-bond acceptors (Lipinski definition) is 13. The first kappa shape index (κ1) is 27.1. The summed E-state index contributed by atoms with van der Waals surface area (Å²) in [5.74, 6) is -0.430. The molecule has 0 unspecified atom stereocenters. The molecule has 0 spiro atoms. The van der Waals surface area contributed by atoms with E-state index in [1.54, 1.807) is 0 Å². The first-order chi connectivity index (χ1) is 16.6. The van der Waals surface area contributed by atoms with Crippen molar-refractivity contribution in [1.82, 2.24) is 5.32 Å². The smallest absolute Gasteiger partial charge is 0.269 e. The van der Waals surface area contributed by atoms with Gasteiger partial charge in [-0.25, -0.2) is 0 Å². The molecule has 2 saturated heterocycles. The van der Waals surface area contributed by atoms with Gasteiger partial charge in [0.25, 0.3) is 5.69 Å². The predicted octanol–water partition coefficient (Wildman–Crippen LogP) is -3.29. The number of benzene rings is 1. The van der Waals surface area contributed by atoms with Crippen molar-refractivity contribution in [3.8, 4) is 5.75 Å². The number of carbonyl (C=O) groups excluding carboxylic acids is 1. The van der Waals surface area contributed by atoms with Crippen LogP contribution in [0.4, 0.5) is 5.69 Å². The average molecular weight is 503 g/mol. The molecule has 196 valence electrons. The number of nitro groups is 1. The Morgan fingerprint density at radius 1 is 1.06 bits per heavy atom. The Morgan fingerprint density at radius 2 is 1.66 bits per heavy atom. The Labute approximate surface area is 199 Å². The summed E-state index contributed by atoms with van der Waals surface area (Å²) in [5, 5.41) is 63.8. The SMILES string of the molecule is CC(=O)N[C@H]1[C@H](Oc2ccc([N+](=O)[O-])cc2)O[C@H](CO)[C@@H](O[C@@H]2O[C@H](CO)[C@@H](O)[C@H](O)[C@H]2N)[C@@H]1O. The maximum atomic E-state index is 11.8. The van der Waals surface area contributed by atoms with Gasteiger partial charge < -0.3 is 55.5 Å². The van der Waals surface area contributed by atoms with Crippen LogP contribution in [0.25, 0.3) is 0 Å². The highest BCUT2D eigenvalue weighted by Crippen LogP contribution is 2.30. The largest absolute Gasteiger partial charge is 0.463 e. The maximum absolute atomic E-state index is 11.8. The number of ether oxygens (including phenoxy) is 4. The molecule has 0 bridgehead atoms. The van der Waals surface area contributed by atoms with Crippen LogP contribution in [0.5, 0.6) is 5.75 Å². The topological polar surface area (TPSA) is 236 Å². The zero-order valence-corrected chi connectivity index (χ0v) is 18.6. The first-order valence-electron chi connectivity index (χ1n) is 10.7. The number of nitrogens with zero attached hydrogens (tertiary/aromatic N) is 1. The number of nitrogens with two attached hydrogens (primary N) is 1. The normalized spacial score (nSPS) is 37.5. The number of non-ortho nitro benzene ring substituents is 1. The molecule has 2 heterocycles. The second-order valence-corrected chi connectivity index (χ2v) is 8.20. The lowest BCUT2D eigenvalue weighted by atomic mass is 9.95. The lowest BCUT2D eigenvalue weighted by Gasteiger charge is -2.47. The van der Waals surface area contributed by atoms with Gasteiger partial charge in [-0.2, -0.15) is 0 Å². The number of amides is 1. The van der Waals surface area contributed by atoms with Crippen molar-refractivity contribution in [3.05, 3.63) is 34.4 Å². The molecule has 3 rings (SSSR count). The van der Waals surface area contributed by atoms with E-state index < -0.39 is 85.3 Å². The summed E-state index contributed by atoms with van der Waals surface area (Å²) in [6.45, 7) is -0.143. The van der Waals surface area contributed by atoms with E-state index in [0.717, 1.165) is 0 Å². The van der Waals surface area contributed by atoms with Crippen LogP contribution < -0.4 is 15.8 Å². The second-order valence-electron chi connectivity index (χ2n) is 8.20. The van der Waals surface area contributed by atoms with E-state index in [1.165, 1.54) is 31.2 Å². The molecular weight excluding hydrogens is 474 g/mol. The van der Waals surface area contributed by atoms with Crippen molar-refractivity contribution < 1.29 is 54.2 Å². The summed E-state index contributed by atoms with van der Waals surface area (Å²) in [4.78, 5) is 22.1. The molecule has 15 nitrogen and oxygen atoms in total. The van der Waals surface area contributed by atoms with Crippen molar-refractivity contribution >= 4 is 11.6 Å². The van der Waals surface area contributed by atoms with Gasteiger partial charge in [0, 0.05) is 19.1 Å². The van der Waals surface area contributed by atoms with E-state index in [1.807, 2.05) is 0 Å². The van der Waals surface area contributed by atoms with Crippen molar-refractivity contribution in [3.63, 3.8) is 0 Å². The monoisotopic (exact) mass is 503 g/mol. The van der Waals surface area contributed by atoms with Gasteiger partial charge >= 0.3 is 0 Å². The summed E-state index contributed by atoms with van der Waals surface area (Å²) in [7, 11) is 0. The van der Waals surface area contributed by atoms with Crippen LogP contribution in [0.1, 0.15) is 6.92 Å². The Balaban J connectivity index is 1.81. The molecule has 1 aromatic carbocycles. The van der Waals surface area contributed by atoms with Gasteiger partial charge in [0.1, 0.15) is 48.4 Å². The minimum absolute atomic E-state index is 0.125. The van der Waals surface area contributed by atoms with Gasteiger partial charge in [0.2, 0.25) is 12.2 Å². The molecule has 2 aliphatic rings. The van der Waals surface area contributed by atoms with Gasteiger partial charge in [0.05, 0.1) is 24.2 Å². The minimum Gasteiger partial charge on any atom is -0.463 e. The number of carbonyl (C=O) groups is 1. The fraction of sp³-hybridized carbons (Fsp3) is 0.650. The fourth-order valence-corrected chi connectivity index (χ4v) is 3.89. The summed E-state index contributed by atoms with van der Waals surface area (Å²) >= 11 is 0. The molecule has 0 aromatic heterocycles. The third-order valence-corrected chi connectivity index (χ3v) is 5.74. The van der Waals surface area contributed by atoms with Crippen LogP contribution in [-0.2, 0) is 19.0 Å². The lowest BCUT2D eigenvalue weighted by Crippen LogP contribution is -2.69. The summed E-state index contributed by atoms with van der Waals surface area (Å²) < 4.78 is 22.5. The van der Waals surface area contributed by atoms with Gasteiger partial charge in [-0.3, -0.25) is 14.9 Å². The third kappa shape index (κ3) is 6.03. The average Bonchev–Trinajstić information content (AvgIpc) is 2.83. The summed E-state index contributed by atoms with van der Waals surface area (Å²) in [6, 6.07) is 2.46. The van der Waals surface area contributed by atoms with E-state index in [9.17, 15) is 40.4 Å². The second kappa shape index (κ2) is 11.5. The van der Waals surface area contributed by atoms with E-state index >= 15 is 0 Å². The molecule has 0 saturated carbocycles. The molecule has 15 heteroatoms. The van der Waals surface area contributed by atoms with Gasteiger partial charge in [-0.15, -0.1) is 0 Å². The van der Waals surface area contributed by atoms with Crippen LogP contribution in [0, 0.1) is 10.1 Å². The van der Waals surface area contributed by atoms with Crippen LogP contribution in [0.3, 0.4) is 0 Å². The van der Waals surface area contributed by atoms with E-state index in [-0.39, 0.29) is 11.4 Å². The third-order valence-electron chi connectivity index (χ3n) is 5.74.